The van der Waals surface area contributed by atoms with E-state index in [2.05, 4.69) is 0 Å². The van der Waals surface area contributed by atoms with E-state index >= 15 is 0 Å². The molecule has 1 atom stereocenters. The van der Waals surface area contributed by atoms with E-state index in [0.717, 1.165) is 11.1 Å². The van der Waals surface area contributed by atoms with Gasteiger partial charge in [-0.15, -0.1) is 0 Å². The van der Waals surface area contributed by atoms with Crippen molar-refractivity contribution in [1.82, 2.24) is 0 Å². The number of hydrogen-bond acceptors (Lipinski definition) is 2. The Balaban J connectivity index is 2.14. The molecule has 2 rings (SSSR count). The summed E-state index contributed by atoms with van der Waals surface area (Å²) < 4.78 is 12.8. The zero-order chi connectivity index (χ0) is 11.0. The lowest BCUT2D eigenvalue weighted by Crippen LogP contribution is -2.28. The number of rotatable bonds is 3. The minimum Gasteiger partial charge on any atom is -0.369 e. The van der Waals surface area contributed by atoms with E-state index < -0.39 is 5.91 Å². The second-order valence-electron chi connectivity index (χ2n) is 3.71. The van der Waals surface area contributed by atoms with Crippen LogP contribution in [0.4, 0.5) is 4.39 Å². The highest BCUT2D eigenvalue weighted by molar-refractivity contribution is 6.01. The Morgan fingerprint density at radius 1 is 1.47 bits per heavy atom. The predicted molar refractivity (Wildman–Crippen MR) is 51.7 cm³/mol. The third-order valence-corrected chi connectivity index (χ3v) is 2.64. The molecular formula is C11H10FNO2. The lowest BCUT2D eigenvalue weighted by molar-refractivity contribution is -0.127. The van der Waals surface area contributed by atoms with Crippen molar-refractivity contribution in [2.45, 2.75) is 18.8 Å². The molecule has 1 amide bonds. The summed E-state index contributed by atoms with van der Waals surface area (Å²) in [6.07, 6.45) is 0.278. The van der Waals surface area contributed by atoms with Gasteiger partial charge in [-0.3, -0.25) is 9.59 Å². The predicted octanol–water partition coefficient (Wildman–Crippen LogP) is 0.910. The van der Waals surface area contributed by atoms with E-state index in [-0.39, 0.29) is 23.9 Å². The van der Waals surface area contributed by atoms with Crippen LogP contribution >= 0.6 is 0 Å². The fourth-order valence-electron chi connectivity index (χ4n) is 1.87. The van der Waals surface area contributed by atoms with Crippen molar-refractivity contribution in [3.8, 4) is 0 Å². The van der Waals surface area contributed by atoms with Crippen LogP contribution in [0.2, 0.25) is 0 Å². The molecule has 0 saturated carbocycles. The molecule has 1 aliphatic carbocycles. The Morgan fingerprint density at radius 2 is 2.20 bits per heavy atom. The number of hydrogen-bond donors (Lipinski definition) is 1. The van der Waals surface area contributed by atoms with Crippen LogP contribution in [0.25, 0.3) is 0 Å². The van der Waals surface area contributed by atoms with Crippen LogP contribution in [-0.2, 0) is 16.0 Å². The van der Waals surface area contributed by atoms with Gasteiger partial charge in [0.1, 0.15) is 11.6 Å². The summed E-state index contributed by atoms with van der Waals surface area (Å²) in [7, 11) is 0. The highest BCUT2D eigenvalue weighted by Gasteiger charge is 2.32. The molecule has 0 heterocycles. The Labute approximate surface area is 86.1 Å². The molecule has 3 nitrogen and oxygen atoms in total. The Kier molecular flexibility index (Phi) is 2.26. The van der Waals surface area contributed by atoms with Gasteiger partial charge in [0.2, 0.25) is 5.91 Å². The maximum absolute atomic E-state index is 12.8. The van der Waals surface area contributed by atoms with Crippen LogP contribution in [0.5, 0.6) is 0 Å². The Morgan fingerprint density at radius 3 is 2.80 bits per heavy atom. The van der Waals surface area contributed by atoms with Crippen molar-refractivity contribution in [3.05, 3.63) is 35.1 Å². The van der Waals surface area contributed by atoms with Crippen molar-refractivity contribution < 1.29 is 14.0 Å². The number of Topliss-reactive ketones (excluding diaryl/α,β-unsaturated/α-hetero) is 1. The molecule has 0 spiro atoms. The van der Waals surface area contributed by atoms with E-state index in [1.165, 1.54) is 12.1 Å². The summed E-state index contributed by atoms with van der Waals surface area (Å²) in [4.78, 5) is 22.1. The first-order valence-corrected chi connectivity index (χ1v) is 4.67. The molecule has 0 saturated heterocycles. The monoisotopic (exact) mass is 207 g/mol. The van der Waals surface area contributed by atoms with Crippen LogP contribution in [0.15, 0.2) is 18.2 Å². The van der Waals surface area contributed by atoms with E-state index in [4.69, 9.17) is 5.73 Å². The van der Waals surface area contributed by atoms with Crippen LogP contribution in [0.3, 0.4) is 0 Å². The van der Waals surface area contributed by atoms with Gasteiger partial charge in [0.15, 0.2) is 0 Å². The lowest BCUT2D eigenvalue weighted by Gasteiger charge is -2.28. The van der Waals surface area contributed by atoms with Crippen LogP contribution in [0, 0.1) is 5.82 Å². The minimum absolute atomic E-state index is 0.179. The summed E-state index contributed by atoms with van der Waals surface area (Å²) in [6, 6.07) is 4.34. The van der Waals surface area contributed by atoms with Crippen molar-refractivity contribution in [1.29, 1.82) is 0 Å². The van der Waals surface area contributed by atoms with Crippen molar-refractivity contribution >= 4 is 11.7 Å². The molecule has 0 aromatic heterocycles. The molecule has 15 heavy (non-hydrogen) atoms. The standard InChI is InChI=1S/C11H10FNO2/c12-7-1-2-8-6(3-7)4-9(8)10(14)5-11(13)15/h1-3,9H,4-5H2,(H2,13,15). The number of fused-ring (bicyclic) bond motifs is 1. The molecule has 0 aliphatic heterocycles. The van der Waals surface area contributed by atoms with E-state index in [1.807, 2.05) is 0 Å². The molecule has 0 fully saturated rings. The molecular weight excluding hydrogens is 197 g/mol. The van der Waals surface area contributed by atoms with Gasteiger partial charge in [0.05, 0.1) is 6.42 Å². The van der Waals surface area contributed by atoms with E-state index in [1.54, 1.807) is 6.07 Å². The van der Waals surface area contributed by atoms with Gasteiger partial charge < -0.3 is 5.73 Å². The molecule has 0 bridgehead atoms. The summed E-state index contributed by atoms with van der Waals surface area (Å²) in [5.74, 6) is -1.36. The zero-order valence-electron chi connectivity index (χ0n) is 8.00. The average molecular weight is 207 g/mol. The van der Waals surface area contributed by atoms with Gasteiger partial charge in [-0.25, -0.2) is 4.39 Å². The topological polar surface area (TPSA) is 60.2 Å². The first-order valence-electron chi connectivity index (χ1n) is 4.67. The third-order valence-electron chi connectivity index (χ3n) is 2.64. The van der Waals surface area contributed by atoms with E-state index in [9.17, 15) is 14.0 Å². The molecule has 78 valence electrons. The van der Waals surface area contributed by atoms with Gasteiger partial charge in [-0.1, -0.05) is 6.07 Å². The number of carbonyl (C=O) groups excluding carboxylic acids is 2. The molecule has 1 aromatic rings. The number of ketones is 1. The quantitative estimate of drug-likeness (QED) is 0.749. The second-order valence-corrected chi connectivity index (χ2v) is 3.71. The highest BCUT2D eigenvalue weighted by atomic mass is 19.1. The summed E-state index contributed by atoms with van der Waals surface area (Å²) >= 11 is 0. The number of amides is 1. The van der Waals surface area contributed by atoms with Gasteiger partial charge >= 0.3 is 0 Å². The number of nitrogens with two attached hydrogens (primary N) is 1. The first kappa shape index (κ1) is 9.83. The first-order chi connectivity index (χ1) is 7.08. The van der Waals surface area contributed by atoms with Crippen molar-refractivity contribution in [2.75, 3.05) is 0 Å². The maximum Gasteiger partial charge on any atom is 0.224 e. The fraction of sp³-hybridized carbons (Fsp3) is 0.273. The van der Waals surface area contributed by atoms with Crippen LogP contribution in [-0.4, -0.2) is 11.7 Å². The Hall–Kier alpha value is -1.71. The maximum atomic E-state index is 12.8. The molecule has 1 aliphatic rings. The minimum atomic E-state index is -0.615. The van der Waals surface area contributed by atoms with Crippen molar-refractivity contribution in [3.63, 3.8) is 0 Å². The van der Waals surface area contributed by atoms with Gasteiger partial charge in [0, 0.05) is 5.92 Å². The molecule has 1 aromatic carbocycles. The highest BCUT2D eigenvalue weighted by Crippen LogP contribution is 2.36. The summed E-state index contributed by atoms with van der Waals surface area (Å²) in [5.41, 5.74) is 6.60. The van der Waals surface area contributed by atoms with E-state index in [0.29, 0.717) is 6.42 Å². The van der Waals surface area contributed by atoms with Crippen LogP contribution in [0.1, 0.15) is 23.5 Å². The smallest absolute Gasteiger partial charge is 0.224 e. The number of carbonyl (C=O) groups is 2. The SMILES string of the molecule is NC(=O)CC(=O)C1Cc2cc(F)ccc21. The van der Waals surface area contributed by atoms with Crippen molar-refractivity contribution in [2.24, 2.45) is 5.73 Å². The summed E-state index contributed by atoms with van der Waals surface area (Å²) in [5, 5.41) is 0. The molecule has 2 N–H and O–H groups in total. The third kappa shape index (κ3) is 1.75. The van der Waals surface area contributed by atoms with Gasteiger partial charge in [-0.05, 0) is 29.7 Å². The molecule has 1 unspecified atom stereocenters. The fourth-order valence-corrected chi connectivity index (χ4v) is 1.87. The average Bonchev–Trinajstić information content (AvgIpc) is 2.08. The largest absolute Gasteiger partial charge is 0.369 e. The number of halogens is 1. The Bertz CT molecular complexity index is 442. The van der Waals surface area contributed by atoms with Gasteiger partial charge in [0.25, 0.3) is 0 Å². The van der Waals surface area contributed by atoms with Crippen LogP contribution < -0.4 is 5.73 Å². The second kappa shape index (κ2) is 3.46. The van der Waals surface area contributed by atoms with Gasteiger partial charge in [-0.2, -0.15) is 0 Å². The number of primary amides is 1. The molecule has 0 radical (unpaired) electrons. The lowest BCUT2D eigenvalue weighted by atomic mass is 9.74. The normalized spacial score (nSPS) is 17.8. The summed E-state index contributed by atoms with van der Waals surface area (Å²) in [6.45, 7) is 0. The molecule has 4 heteroatoms. The zero-order valence-corrected chi connectivity index (χ0v) is 8.00. The number of benzene rings is 1.